The Morgan fingerprint density at radius 3 is 1.27 bits per heavy atom. The molecule has 0 aliphatic rings. The molecule has 0 unspecified atom stereocenters. The Balaban J connectivity index is 0.000000541. The zero-order valence-electron chi connectivity index (χ0n) is 11.7. The first-order chi connectivity index (χ1) is 10.5. The summed E-state index contributed by atoms with van der Waals surface area (Å²) in [7, 11) is 0. The number of halogens is 1. The highest BCUT2D eigenvalue weighted by Crippen LogP contribution is 2.05. The van der Waals surface area contributed by atoms with E-state index in [2.05, 4.69) is 21.4 Å². The summed E-state index contributed by atoms with van der Waals surface area (Å²) in [6.45, 7) is 1.29. The van der Waals surface area contributed by atoms with Crippen LogP contribution in [-0.2, 0) is 14.6 Å². The molecular weight excluding hydrogens is 308 g/mol. The van der Waals surface area contributed by atoms with Gasteiger partial charge in [0.1, 0.15) is 0 Å². The quantitative estimate of drug-likeness (QED) is 0.482. The fourth-order valence-electron chi connectivity index (χ4n) is 1.32. The molecule has 6 heteroatoms. The molecule has 2 rings (SSSR count). The molecule has 0 atom stereocenters. The molecule has 2 aromatic carbocycles. The van der Waals surface area contributed by atoms with Gasteiger partial charge in [-0.2, -0.15) is 0 Å². The van der Waals surface area contributed by atoms with Crippen molar-refractivity contribution in [1.29, 1.82) is 0 Å². The third kappa shape index (κ3) is 6.67. The van der Waals surface area contributed by atoms with Gasteiger partial charge in [0.25, 0.3) is 0 Å². The average molecular weight is 321 g/mol. The molecule has 0 bridgehead atoms. The number of hydrogen-bond acceptors (Lipinski definition) is 5. The van der Waals surface area contributed by atoms with Gasteiger partial charge in [-0.1, -0.05) is 36.4 Å². The molecule has 0 aliphatic heterocycles. The molecule has 5 nitrogen and oxygen atoms in total. The van der Waals surface area contributed by atoms with E-state index in [1.54, 1.807) is 60.7 Å². The Hall–Kier alpha value is -2.66. The van der Waals surface area contributed by atoms with Gasteiger partial charge in [0.2, 0.25) is 5.24 Å². The van der Waals surface area contributed by atoms with Gasteiger partial charge in [0.05, 0.1) is 11.1 Å². The van der Waals surface area contributed by atoms with Crippen molar-refractivity contribution in [3.8, 4) is 0 Å². The lowest BCUT2D eigenvalue weighted by Gasteiger charge is -2.02. The average Bonchev–Trinajstić information content (AvgIpc) is 2.53. The summed E-state index contributed by atoms with van der Waals surface area (Å²) in [6, 6.07) is 16.6. The Morgan fingerprint density at radius 1 is 0.727 bits per heavy atom. The molecule has 114 valence electrons. The van der Waals surface area contributed by atoms with Crippen LogP contribution in [0.3, 0.4) is 0 Å². The van der Waals surface area contributed by atoms with Crippen LogP contribution in [-0.4, -0.2) is 17.2 Å². The van der Waals surface area contributed by atoms with Gasteiger partial charge >= 0.3 is 11.9 Å². The van der Waals surface area contributed by atoms with E-state index in [9.17, 15) is 14.4 Å². The summed E-state index contributed by atoms with van der Waals surface area (Å²) in [5.41, 5.74) is 0.636. The molecule has 22 heavy (non-hydrogen) atoms. The van der Waals surface area contributed by atoms with E-state index < -0.39 is 11.9 Å². The molecule has 0 saturated heterocycles. The lowest BCUT2D eigenvalue weighted by molar-refractivity contribution is -0.187. The maximum absolute atomic E-state index is 11.5. The maximum Gasteiger partial charge on any atom is 0.386 e. The van der Waals surface area contributed by atoms with Gasteiger partial charge in [0, 0.05) is 6.92 Å². The molecule has 0 spiro atoms. The first-order valence-corrected chi connectivity index (χ1v) is 6.58. The fraction of sp³-hybridized carbons (Fsp3) is 0.0625. The first-order valence-electron chi connectivity index (χ1n) is 6.20. The van der Waals surface area contributed by atoms with Crippen LogP contribution in [0.25, 0.3) is 0 Å². The van der Waals surface area contributed by atoms with Gasteiger partial charge in [0.15, 0.2) is 0 Å². The standard InChI is InChI=1S/C14H10O4.C2H3ClO/c15-13(11-7-3-1-4-8-11)17-18-14(16)12-9-5-2-6-10-12;1-2(3)4/h1-10H;1H3. The van der Waals surface area contributed by atoms with Crippen LogP contribution < -0.4 is 0 Å². The number of benzene rings is 2. The molecule has 0 aliphatic carbocycles. The lowest BCUT2D eigenvalue weighted by atomic mass is 10.2. The van der Waals surface area contributed by atoms with Crippen molar-refractivity contribution >= 4 is 28.8 Å². The van der Waals surface area contributed by atoms with Crippen LogP contribution >= 0.6 is 11.6 Å². The summed E-state index contributed by atoms with van der Waals surface area (Å²) in [5, 5.41) is -0.361. The maximum atomic E-state index is 11.5. The Morgan fingerprint density at radius 2 is 1.00 bits per heavy atom. The molecule has 2 aromatic rings. The molecule has 0 heterocycles. The van der Waals surface area contributed by atoms with E-state index in [4.69, 9.17) is 0 Å². The van der Waals surface area contributed by atoms with Gasteiger partial charge < -0.3 is 0 Å². The summed E-state index contributed by atoms with van der Waals surface area (Å²) in [4.78, 5) is 41.1. The van der Waals surface area contributed by atoms with Gasteiger partial charge in [-0.15, -0.1) is 0 Å². The largest absolute Gasteiger partial charge is 0.386 e. The number of carbonyl (C=O) groups excluding carboxylic acids is 3. The monoisotopic (exact) mass is 320 g/mol. The third-order valence-electron chi connectivity index (χ3n) is 2.21. The summed E-state index contributed by atoms with van der Waals surface area (Å²) in [6.07, 6.45) is 0. The van der Waals surface area contributed by atoms with E-state index in [1.165, 1.54) is 6.92 Å². The number of hydrogen-bond donors (Lipinski definition) is 0. The van der Waals surface area contributed by atoms with Crippen LogP contribution in [0.1, 0.15) is 27.6 Å². The molecule has 0 fully saturated rings. The zero-order chi connectivity index (χ0) is 16.4. The predicted molar refractivity (Wildman–Crippen MR) is 80.2 cm³/mol. The molecule has 0 aromatic heterocycles. The second-order valence-corrected chi connectivity index (χ2v) is 4.48. The minimum absolute atomic E-state index is 0.318. The molecule has 0 radical (unpaired) electrons. The highest BCUT2D eigenvalue weighted by molar-refractivity contribution is 6.62. The molecule has 0 saturated carbocycles. The van der Waals surface area contributed by atoms with Crippen molar-refractivity contribution in [2.24, 2.45) is 0 Å². The Labute approximate surface area is 132 Å². The van der Waals surface area contributed by atoms with Crippen molar-refractivity contribution < 1.29 is 24.2 Å². The summed E-state index contributed by atoms with van der Waals surface area (Å²) < 4.78 is 0. The first kappa shape index (κ1) is 17.4. The third-order valence-corrected chi connectivity index (χ3v) is 2.21. The topological polar surface area (TPSA) is 69.7 Å². The van der Waals surface area contributed by atoms with Crippen molar-refractivity contribution in [2.75, 3.05) is 0 Å². The smallest absolute Gasteiger partial charge is 0.282 e. The van der Waals surface area contributed by atoms with E-state index in [0.29, 0.717) is 11.1 Å². The number of rotatable bonds is 2. The van der Waals surface area contributed by atoms with Gasteiger partial charge in [-0.25, -0.2) is 19.4 Å². The minimum atomic E-state index is -0.708. The van der Waals surface area contributed by atoms with Crippen LogP contribution in [0.5, 0.6) is 0 Å². The highest BCUT2D eigenvalue weighted by Gasteiger charge is 2.12. The summed E-state index contributed by atoms with van der Waals surface area (Å²) >= 11 is 4.64. The lowest BCUT2D eigenvalue weighted by Crippen LogP contribution is -2.11. The van der Waals surface area contributed by atoms with Crippen molar-refractivity contribution in [2.45, 2.75) is 6.92 Å². The van der Waals surface area contributed by atoms with Gasteiger partial charge in [-0.3, -0.25) is 4.79 Å². The van der Waals surface area contributed by atoms with E-state index in [1.807, 2.05) is 0 Å². The van der Waals surface area contributed by atoms with E-state index >= 15 is 0 Å². The van der Waals surface area contributed by atoms with E-state index in [-0.39, 0.29) is 5.24 Å². The summed E-state index contributed by atoms with van der Waals surface area (Å²) in [5.74, 6) is -1.42. The molecule has 0 N–H and O–H groups in total. The van der Waals surface area contributed by atoms with Crippen molar-refractivity contribution in [1.82, 2.24) is 0 Å². The highest BCUT2D eigenvalue weighted by atomic mass is 35.5. The number of carbonyl (C=O) groups is 3. The Bertz CT molecular complexity index is 570. The normalized spacial score (nSPS) is 9.00. The van der Waals surface area contributed by atoms with Gasteiger partial charge in [-0.05, 0) is 35.9 Å². The molecule has 0 amide bonds. The van der Waals surface area contributed by atoms with Crippen LogP contribution in [0.4, 0.5) is 0 Å². The Kier molecular flexibility index (Phi) is 7.36. The second kappa shape index (κ2) is 9.31. The van der Waals surface area contributed by atoms with Crippen LogP contribution in [0, 0.1) is 0 Å². The molecular formula is C16H13ClO5. The SMILES string of the molecule is CC(=O)Cl.O=C(OOC(=O)c1ccccc1)c1ccccc1. The van der Waals surface area contributed by atoms with Crippen LogP contribution in [0.15, 0.2) is 60.7 Å². The van der Waals surface area contributed by atoms with E-state index in [0.717, 1.165) is 0 Å². The van der Waals surface area contributed by atoms with Crippen molar-refractivity contribution in [3.63, 3.8) is 0 Å². The zero-order valence-corrected chi connectivity index (χ0v) is 12.4. The second-order valence-electron chi connectivity index (χ2n) is 3.94. The predicted octanol–water partition coefficient (Wildman–Crippen LogP) is 3.39. The fourth-order valence-corrected chi connectivity index (χ4v) is 1.32. The van der Waals surface area contributed by atoms with Crippen molar-refractivity contribution in [3.05, 3.63) is 71.8 Å². The minimum Gasteiger partial charge on any atom is -0.282 e. The van der Waals surface area contributed by atoms with Crippen LogP contribution in [0.2, 0.25) is 0 Å².